The molecule has 0 aromatic heterocycles. The van der Waals surface area contributed by atoms with Crippen LogP contribution in [-0.4, -0.2) is 36.9 Å². The number of carbonyl (C=O) groups is 1. The first-order valence-corrected chi connectivity index (χ1v) is 14.2. The van der Waals surface area contributed by atoms with Gasteiger partial charge < -0.3 is 14.0 Å². The zero-order valence-corrected chi connectivity index (χ0v) is 23.5. The molecule has 0 spiro atoms. The third-order valence-corrected chi connectivity index (χ3v) is 7.18. The largest absolute Gasteiger partial charge is 0.455 e. The number of rotatable bonds is 18. The Bertz CT molecular complexity index is 865. The van der Waals surface area contributed by atoms with Crippen molar-refractivity contribution >= 4 is 5.97 Å². The van der Waals surface area contributed by atoms with Crippen molar-refractivity contribution < 1.29 is 18.8 Å². The summed E-state index contributed by atoms with van der Waals surface area (Å²) in [5.74, 6) is 0.613. The van der Waals surface area contributed by atoms with Crippen LogP contribution in [0.5, 0.6) is 5.75 Å². The number of para-hydroxylation sites is 1. The summed E-state index contributed by atoms with van der Waals surface area (Å²) in [6, 6.07) is 18.2. The van der Waals surface area contributed by atoms with E-state index in [1.807, 2.05) is 44.2 Å². The third kappa shape index (κ3) is 10.7. The van der Waals surface area contributed by atoms with Gasteiger partial charge >= 0.3 is 5.97 Å². The molecule has 0 aliphatic heterocycles. The Kier molecular flexibility index (Phi) is 13.6. The minimum atomic E-state index is -0.582. The number of quaternary nitrogens is 1. The van der Waals surface area contributed by atoms with Crippen molar-refractivity contribution in [1.82, 2.24) is 0 Å². The average molecular weight is 497 g/mol. The Morgan fingerprint density at radius 1 is 0.806 bits per heavy atom. The standard InChI is InChI=1S/C32H50NO3/c1-6-8-9-10-11-12-13-14-18-23-29-24-19-20-25-30(29)35-31(7-2)36-32(34)27(3)33(4,5)26-28-21-16-15-17-22-28/h15-17,19-22,24-25,27,31H,6-14,18,23,26H2,1-5H3/q+1. The van der Waals surface area contributed by atoms with Crippen LogP contribution in [0.25, 0.3) is 0 Å². The van der Waals surface area contributed by atoms with Crippen LogP contribution < -0.4 is 4.74 Å². The number of ether oxygens (including phenoxy) is 2. The van der Waals surface area contributed by atoms with Crippen LogP contribution in [-0.2, 0) is 22.5 Å². The molecule has 0 saturated carbocycles. The van der Waals surface area contributed by atoms with Crippen molar-refractivity contribution in [2.45, 2.75) is 110 Å². The van der Waals surface area contributed by atoms with Crippen LogP contribution in [0.4, 0.5) is 0 Å². The molecular weight excluding hydrogens is 446 g/mol. The Morgan fingerprint density at radius 2 is 1.39 bits per heavy atom. The van der Waals surface area contributed by atoms with E-state index in [-0.39, 0.29) is 12.0 Å². The molecule has 36 heavy (non-hydrogen) atoms. The molecule has 200 valence electrons. The van der Waals surface area contributed by atoms with Gasteiger partial charge in [-0.1, -0.05) is 114 Å². The lowest BCUT2D eigenvalue weighted by molar-refractivity contribution is -0.917. The average Bonchev–Trinajstić information content (AvgIpc) is 2.88. The number of carbonyl (C=O) groups excluding carboxylic acids is 1. The lowest BCUT2D eigenvalue weighted by atomic mass is 10.0. The summed E-state index contributed by atoms with van der Waals surface area (Å²) in [4.78, 5) is 13.1. The van der Waals surface area contributed by atoms with E-state index in [2.05, 4.69) is 45.3 Å². The number of hydrogen-bond acceptors (Lipinski definition) is 3. The molecule has 0 aliphatic rings. The third-order valence-electron chi connectivity index (χ3n) is 7.18. The van der Waals surface area contributed by atoms with E-state index in [0.717, 1.165) is 25.1 Å². The number of unbranched alkanes of at least 4 members (excludes halogenated alkanes) is 8. The zero-order valence-electron chi connectivity index (χ0n) is 23.5. The van der Waals surface area contributed by atoms with E-state index >= 15 is 0 Å². The van der Waals surface area contributed by atoms with Gasteiger partial charge in [-0.25, -0.2) is 4.79 Å². The second-order valence-electron chi connectivity index (χ2n) is 10.7. The summed E-state index contributed by atoms with van der Waals surface area (Å²) in [5, 5.41) is 0. The molecule has 2 rings (SSSR count). The second-order valence-corrected chi connectivity index (χ2v) is 10.7. The summed E-state index contributed by atoms with van der Waals surface area (Å²) in [6.45, 7) is 6.96. The van der Waals surface area contributed by atoms with E-state index in [4.69, 9.17) is 9.47 Å². The van der Waals surface area contributed by atoms with E-state index in [1.165, 1.54) is 62.5 Å². The number of likely N-dealkylation sites (N-methyl/N-ethyl adjacent to an activating group) is 1. The van der Waals surface area contributed by atoms with E-state index in [0.29, 0.717) is 10.9 Å². The predicted molar refractivity (Wildman–Crippen MR) is 150 cm³/mol. The highest BCUT2D eigenvalue weighted by molar-refractivity contribution is 5.74. The maximum atomic E-state index is 13.1. The van der Waals surface area contributed by atoms with E-state index in [1.54, 1.807) is 0 Å². The fourth-order valence-corrected chi connectivity index (χ4v) is 4.49. The fraction of sp³-hybridized carbons (Fsp3) is 0.594. The number of hydrogen-bond donors (Lipinski definition) is 0. The summed E-state index contributed by atoms with van der Waals surface area (Å²) >= 11 is 0. The monoisotopic (exact) mass is 496 g/mol. The smallest absolute Gasteiger partial charge is 0.367 e. The minimum Gasteiger partial charge on any atom is -0.455 e. The molecule has 2 aromatic rings. The summed E-state index contributed by atoms with van der Waals surface area (Å²) in [6.07, 6.45) is 12.9. The molecule has 0 N–H and O–H groups in total. The van der Waals surface area contributed by atoms with Crippen molar-refractivity contribution in [3.63, 3.8) is 0 Å². The van der Waals surface area contributed by atoms with Gasteiger partial charge in [-0.15, -0.1) is 0 Å². The number of benzene rings is 2. The maximum Gasteiger partial charge on any atom is 0.367 e. The zero-order chi connectivity index (χ0) is 26.2. The Labute approximate surface area is 220 Å². The Hall–Kier alpha value is -2.33. The van der Waals surface area contributed by atoms with Crippen LogP contribution in [0.1, 0.15) is 96.1 Å². The van der Waals surface area contributed by atoms with Crippen LogP contribution in [0, 0.1) is 0 Å². The molecule has 0 saturated heterocycles. The van der Waals surface area contributed by atoms with Gasteiger partial charge in [0, 0.05) is 12.0 Å². The van der Waals surface area contributed by atoms with Crippen LogP contribution in [0.15, 0.2) is 54.6 Å². The van der Waals surface area contributed by atoms with Crippen LogP contribution >= 0.6 is 0 Å². The van der Waals surface area contributed by atoms with Crippen molar-refractivity contribution in [2.75, 3.05) is 14.1 Å². The van der Waals surface area contributed by atoms with Crippen molar-refractivity contribution in [1.29, 1.82) is 0 Å². The van der Waals surface area contributed by atoms with Gasteiger partial charge in [0.2, 0.25) is 6.29 Å². The quantitative estimate of drug-likeness (QED) is 0.0905. The molecule has 0 radical (unpaired) electrons. The van der Waals surface area contributed by atoms with Crippen LogP contribution in [0.3, 0.4) is 0 Å². The van der Waals surface area contributed by atoms with Crippen molar-refractivity contribution in [3.8, 4) is 5.75 Å². The highest BCUT2D eigenvalue weighted by Gasteiger charge is 2.34. The molecule has 2 atom stereocenters. The number of esters is 1. The van der Waals surface area contributed by atoms with Crippen molar-refractivity contribution in [2.24, 2.45) is 0 Å². The van der Waals surface area contributed by atoms with Crippen molar-refractivity contribution in [3.05, 3.63) is 65.7 Å². The SMILES string of the molecule is CCCCCCCCCCCc1ccccc1OC(CC)OC(=O)C(C)[N+](C)(C)Cc1ccccc1. The predicted octanol–water partition coefficient (Wildman–Crippen LogP) is 8.08. The Morgan fingerprint density at radius 3 is 2.03 bits per heavy atom. The van der Waals surface area contributed by atoms with Gasteiger partial charge in [0.05, 0.1) is 14.1 Å². The molecule has 0 heterocycles. The second kappa shape index (κ2) is 16.4. The van der Waals surface area contributed by atoms with Gasteiger partial charge in [-0.2, -0.15) is 0 Å². The first-order chi connectivity index (χ1) is 17.4. The maximum absolute atomic E-state index is 13.1. The van der Waals surface area contributed by atoms with Crippen LogP contribution in [0.2, 0.25) is 0 Å². The molecule has 0 fully saturated rings. The van der Waals surface area contributed by atoms with Gasteiger partial charge in [0.1, 0.15) is 12.3 Å². The Balaban J connectivity index is 1.84. The molecule has 0 aliphatic carbocycles. The number of nitrogens with zero attached hydrogens (tertiary/aromatic N) is 1. The molecule has 0 amide bonds. The van der Waals surface area contributed by atoms with E-state index in [9.17, 15) is 4.79 Å². The highest BCUT2D eigenvalue weighted by atomic mass is 16.7. The minimum absolute atomic E-state index is 0.223. The molecule has 2 aromatic carbocycles. The highest BCUT2D eigenvalue weighted by Crippen LogP contribution is 2.24. The lowest BCUT2D eigenvalue weighted by Gasteiger charge is -2.35. The van der Waals surface area contributed by atoms with E-state index < -0.39 is 6.29 Å². The van der Waals surface area contributed by atoms with Gasteiger partial charge in [0.25, 0.3) is 0 Å². The molecule has 4 nitrogen and oxygen atoms in total. The van der Waals surface area contributed by atoms with Gasteiger partial charge in [-0.3, -0.25) is 0 Å². The molecular formula is C32H50NO3+. The van der Waals surface area contributed by atoms with Gasteiger partial charge in [0.15, 0.2) is 6.04 Å². The molecule has 4 heteroatoms. The topological polar surface area (TPSA) is 35.5 Å². The molecule has 2 unspecified atom stereocenters. The first kappa shape index (κ1) is 29.9. The molecule has 0 bridgehead atoms. The first-order valence-electron chi connectivity index (χ1n) is 14.2. The van der Waals surface area contributed by atoms with Gasteiger partial charge in [-0.05, 0) is 31.4 Å². The number of aryl methyl sites for hydroxylation is 1. The summed E-state index contributed by atoms with van der Waals surface area (Å²) < 4.78 is 12.6. The normalized spacial score (nSPS) is 13.2. The summed E-state index contributed by atoms with van der Waals surface area (Å²) in [5.41, 5.74) is 2.40. The summed E-state index contributed by atoms with van der Waals surface area (Å²) in [7, 11) is 4.14. The lowest BCUT2D eigenvalue weighted by Crippen LogP contribution is -2.52. The fourth-order valence-electron chi connectivity index (χ4n) is 4.49.